The lowest BCUT2D eigenvalue weighted by molar-refractivity contribution is -0.319. The topological polar surface area (TPSA) is 102 Å². The summed E-state index contributed by atoms with van der Waals surface area (Å²) in [5.41, 5.74) is 0.936. The molecule has 10 aliphatic carbocycles. The van der Waals surface area contributed by atoms with Crippen LogP contribution in [-0.4, -0.2) is 120 Å². The second-order valence-electron chi connectivity index (χ2n) is 28.2. The molecule has 0 aromatic heterocycles. The van der Waals surface area contributed by atoms with Crippen molar-refractivity contribution in [1.29, 1.82) is 0 Å². The Hall–Kier alpha value is -2.60. The summed E-state index contributed by atoms with van der Waals surface area (Å²) in [7, 11) is 3.67. The smallest absolute Gasteiger partial charge is 0.165 e. The second-order valence-corrected chi connectivity index (χ2v) is 28.2. The van der Waals surface area contributed by atoms with Crippen LogP contribution in [-0.2, 0) is 33.1 Å². The maximum Gasteiger partial charge on any atom is 0.165 e. The third kappa shape index (κ3) is 5.29. The fourth-order valence-electron chi connectivity index (χ4n) is 19.7. The number of fused-ring (bicyclic) bond motifs is 4. The lowest BCUT2D eigenvalue weighted by atomic mass is 9.33. The summed E-state index contributed by atoms with van der Waals surface area (Å²) in [6, 6.07) is 9.85. The van der Waals surface area contributed by atoms with Gasteiger partial charge in [-0.3, -0.25) is 9.80 Å². The number of ether oxygens (including phenoxy) is 6. The summed E-state index contributed by atoms with van der Waals surface area (Å²) in [4.78, 5) is 5.77. The minimum atomic E-state index is -1.04. The van der Waals surface area contributed by atoms with Crippen LogP contribution in [0.4, 0.5) is 0 Å². The van der Waals surface area contributed by atoms with Crippen molar-refractivity contribution in [2.75, 3.05) is 53.6 Å². The number of rotatable bonds is 13. The summed E-state index contributed by atoms with van der Waals surface area (Å²) >= 11 is 0. The van der Waals surface area contributed by atoms with Crippen LogP contribution >= 0.6 is 0 Å². The van der Waals surface area contributed by atoms with E-state index in [1.165, 1.54) is 61.0 Å². The number of nitrogens with zero attached hydrogens (tertiary/aromatic N) is 2. The van der Waals surface area contributed by atoms with Gasteiger partial charge in [-0.25, -0.2) is 0 Å². The Kier molecular flexibility index (Phi) is 9.33. The van der Waals surface area contributed by atoms with Gasteiger partial charge < -0.3 is 38.6 Å². The van der Waals surface area contributed by atoms with Gasteiger partial charge in [0.25, 0.3) is 0 Å². The van der Waals surface area contributed by atoms with E-state index < -0.39 is 27.8 Å². The van der Waals surface area contributed by atoms with Crippen LogP contribution in [0.25, 0.3) is 0 Å². The number of aliphatic hydroxyl groups is 2. The Morgan fingerprint density at radius 2 is 1.07 bits per heavy atom. The molecule has 10 heteroatoms. The molecule has 70 heavy (non-hydrogen) atoms. The standard InChI is InChI=1S/C60H84N2O8/c1-51(2,3)53(7,63)41-31-55-19-21-59(41,66-10)49-57(55)23-25-61(33-35-11-12-35)43(55)30-38-16-18-40(48(70-49)46(38)57)67-27-28-68-60-22-20-56(32-42(60)54(8,64)52(4,5)6)44-29-37-15-17-39(65-9)47-45(37)58(56,50(60)69-47)24-26-62(44)34-36-13-14-36/h15-18,35-36,41-44,49-50,63-64H,11-14,19-34H2,1-10H3/t41?,42-,43-,44-,49+,50+,53+,54+,55-,56-,57+,58+,59?,60?/m1/s1. The van der Waals surface area contributed by atoms with Gasteiger partial charge >= 0.3 is 0 Å². The summed E-state index contributed by atoms with van der Waals surface area (Å²) in [6.45, 7) is 22.6. The first-order valence-electron chi connectivity index (χ1n) is 28.1. The van der Waals surface area contributed by atoms with Crippen LogP contribution < -0.4 is 18.9 Å². The van der Waals surface area contributed by atoms with Gasteiger partial charge in [0.15, 0.2) is 23.0 Å². The van der Waals surface area contributed by atoms with Crippen LogP contribution in [0.1, 0.15) is 155 Å². The molecule has 4 aliphatic heterocycles. The van der Waals surface area contributed by atoms with Gasteiger partial charge in [-0.05, 0) is 163 Å². The fraction of sp³-hybridized carbons (Fsp3) is 0.800. The molecule has 2 saturated heterocycles. The Bertz CT molecular complexity index is 2520. The van der Waals surface area contributed by atoms with Crippen molar-refractivity contribution in [2.45, 2.75) is 203 Å². The fourth-order valence-corrected chi connectivity index (χ4v) is 19.7. The van der Waals surface area contributed by atoms with Gasteiger partial charge in [0.1, 0.15) is 30.0 Å². The zero-order chi connectivity index (χ0) is 48.6. The number of hydrogen-bond donors (Lipinski definition) is 2. The van der Waals surface area contributed by atoms with E-state index in [0.717, 1.165) is 112 Å². The lowest BCUT2D eigenvalue weighted by Gasteiger charge is -2.75. The number of benzene rings is 2. The maximum absolute atomic E-state index is 13.2. The van der Waals surface area contributed by atoms with E-state index in [1.807, 2.05) is 7.11 Å². The summed E-state index contributed by atoms with van der Waals surface area (Å²) in [5.74, 6) is 4.83. The average molecular weight is 961 g/mol. The van der Waals surface area contributed by atoms with Crippen molar-refractivity contribution in [3.8, 4) is 23.0 Å². The van der Waals surface area contributed by atoms with Gasteiger partial charge in [0.05, 0.1) is 24.9 Å². The van der Waals surface area contributed by atoms with Crippen molar-refractivity contribution in [2.24, 2.45) is 45.3 Å². The van der Waals surface area contributed by atoms with E-state index in [9.17, 15) is 10.2 Å². The van der Waals surface area contributed by atoms with Crippen molar-refractivity contribution < 1.29 is 38.6 Å². The predicted octanol–water partition coefficient (Wildman–Crippen LogP) is 9.19. The Morgan fingerprint density at radius 1 is 0.600 bits per heavy atom. The molecule has 2 aromatic carbocycles. The lowest BCUT2D eigenvalue weighted by Crippen LogP contribution is -2.83. The summed E-state index contributed by atoms with van der Waals surface area (Å²) in [6.07, 6.45) is 14.8. The molecular weight excluding hydrogens is 877 g/mol. The highest BCUT2D eigenvalue weighted by Gasteiger charge is 2.84. The molecule has 2 aromatic rings. The minimum absolute atomic E-state index is 0.0344. The van der Waals surface area contributed by atoms with Gasteiger partial charge in [0, 0.05) is 76.9 Å². The van der Waals surface area contributed by atoms with E-state index in [2.05, 4.69) is 89.5 Å². The molecule has 16 rings (SSSR count). The summed E-state index contributed by atoms with van der Waals surface area (Å²) < 4.78 is 43.0. The Morgan fingerprint density at radius 3 is 1.56 bits per heavy atom. The van der Waals surface area contributed by atoms with Gasteiger partial charge in [-0.15, -0.1) is 0 Å². The van der Waals surface area contributed by atoms with Crippen molar-refractivity contribution in [1.82, 2.24) is 9.80 Å². The third-order valence-electron chi connectivity index (χ3n) is 24.2. The molecule has 10 fully saturated rings. The number of piperidine rings is 2. The zero-order valence-electron chi connectivity index (χ0n) is 44.3. The van der Waals surface area contributed by atoms with Gasteiger partial charge in [-0.2, -0.15) is 0 Å². The molecule has 14 aliphatic rings. The van der Waals surface area contributed by atoms with Gasteiger partial charge in [-0.1, -0.05) is 53.7 Å². The number of methoxy groups -OCH3 is 2. The largest absolute Gasteiger partial charge is 0.493 e. The molecule has 8 saturated carbocycles. The first-order chi connectivity index (χ1) is 33.2. The van der Waals surface area contributed by atoms with Gasteiger partial charge in [0.2, 0.25) is 0 Å². The maximum atomic E-state index is 13.2. The molecule has 4 spiro atoms. The molecule has 14 atom stereocenters. The molecule has 8 bridgehead atoms. The molecule has 0 amide bonds. The monoisotopic (exact) mass is 961 g/mol. The molecule has 0 radical (unpaired) electrons. The molecule has 3 unspecified atom stereocenters. The van der Waals surface area contributed by atoms with E-state index >= 15 is 0 Å². The van der Waals surface area contributed by atoms with Crippen molar-refractivity contribution in [3.05, 3.63) is 46.5 Å². The molecule has 382 valence electrons. The SMILES string of the molecule is COc1ccc2c3c1O[C@@H]1C4(OCCOc5ccc6c7c5O[C@@H]5C8(OC)CC[C@@]9(CC8[C@](C)(O)C(C)(C)C)[C@@H](C6)N(CC6CC6)CC[C@]759)CC[C@@]5(C[C@@H]4[C@](C)(O)C(C)(C)C)[C@@H](C2)N(CC2CC2)CC[C@]315. The highest BCUT2D eigenvalue weighted by atomic mass is 16.6. The van der Waals surface area contributed by atoms with E-state index in [4.69, 9.17) is 28.4 Å². The minimum Gasteiger partial charge on any atom is -0.493 e. The zero-order valence-corrected chi connectivity index (χ0v) is 44.3. The first-order valence-corrected chi connectivity index (χ1v) is 28.1. The Labute approximate surface area is 418 Å². The predicted molar refractivity (Wildman–Crippen MR) is 268 cm³/mol. The number of likely N-dealkylation sites (tertiary alicyclic amines) is 2. The molecule has 4 heterocycles. The van der Waals surface area contributed by atoms with Crippen LogP contribution in [0.2, 0.25) is 0 Å². The van der Waals surface area contributed by atoms with Crippen LogP contribution in [0.15, 0.2) is 24.3 Å². The van der Waals surface area contributed by atoms with Crippen LogP contribution in [0, 0.1) is 45.3 Å². The van der Waals surface area contributed by atoms with Crippen LogP contribution in [0.5, 0.6) is 23.0 Å². The highest BCUT2D eigenvalue weighted by Crippen LogP contribution is 2.80. The number of hydrogen-bond acceptors (Lipinski definition) is 10. The second kappa shape index (κ2) is 14.2. The van der Waals surface area contributed by atoms with Crippen molar-refractivity contribution >= 4 is 0 Å². The van der Waals surface area contributed by atoms with Crippen LogP contribution in [0.3, 0.4) is 0 Å². The van der Waals surface area contributed by atoms with Crippen molar-refractivity contribution in [3.63, 3.8) is 0 Å². The summed E-state index contributed by atoms with van der Waals surface area (Å²) in [5, 5.41) is 26.0. The highest BCUT2D eigenvalue weighted by molar-refractivity contribution is 5.65. The van der Waals surface area contributed by atoms with E-state index in [0.29, 0.717) is 25.3 Å². The van der Waals surface area contributed by atoms with E-state index in [1.54, 1.807) is 7.11 Å². The third-order valence-corrected chi connectivity index (χ3v) is 24.2. The average Bonchev–Trinajstić information content (AvgIpc) is 4.25. The quantitative estimate of drug-likeness (QED) is 0.189. The Balaban J connectivity index is 0.823. The molecular formula is C60H84N2O8. The first kappa shape index (κ1) is 46.0. The normalized spacial score (nSPS) is 43.1. The molecule has 10 nitrogen and oxygen atoms in total. The molecule has 2 N–H and O–H groups in total. The van der Waals surface area contributed by atoms with E-state index in [-0.39, 0.29) is 51.1 Å².